The van der Waals surface area contributed by atoms with Gasteiger partial charge in [0.05, 0.1) is 39.5 Å². The van der Waals surface area contributed by atoms with Crippen LogP contribution in [0.5, 0.6) is 17.2 Å². The smallest absolute Gasteiger partial charge is 0.260 e. The molecule has 30 heavy (non-hydrogen) atoms. The van der Waals surface area contributed by atoms with E-state index < -0.39 is 22.5 Å². The molecule has 0 saturated heterocycles. The van der Waals surface area contributed by atoms with Gasteiger partial charge >= 0.3 is 0 Å². The number of anilines is 1. The molecule has 2 aromatic rings. The summed E-state index contributed by atoms with van der Waals surface area (Å²) in [6, 6.07) is 10.1. The predicted molar refractivity (Wildman–Crippen MR) is 123 cm³/mol. The molecule has 0 bridgehead atoms. The van der Waals surface area contributed by atoms with E-state index in [2.05, 4.69) is 33.1 Å². The summed E-state index contributed by atoms with van der Waals surface area (Å²) in [5, 5.41) is 3.89. The summed E-state index contributed by atoms with van der Waals surface area (Å²) in [7, 11) is 0.819. The highest BCUT2D eigenvalue weighted by Crippen LogP contribution is 2.37. The molecular weight excluding hydrogens is 525 g/mol. The van der Waals surface area contributed by atoms with E-state index in [9.17, 15) is 13.2 Å². The Bertz CT molecular complexity index is 1000. The fraction of sp³-hybridized carbons (Fsp3) is 0.263. The van der Waals surface area contributed by atoms with Crippen molar-refractivity contribution in [2.45, 2.75) is 0 Å². The molecule has 1 N–H and O–H groups in total. The van der Waals surface area contributed by atoms with Crippen molar-refractivity contribution in [3.8, 4) is 17.2 Å². The second-order valence-corrected chi connectivity index (χ2v) is 9.15. The average Bonchev–Trinajstić information content (AvgIpc) is 2.71. The molecule has 9 nitrogen and oxygen atoms in total. The van der Waals surface area contributed by atoms with E-state index >= 15 is 0 Å². The first kappa shape index (κ1) is 23.7. The van der Waals surface area contributed by atoms with E-state index in [0.29, 0.717) is 28.5 Å². The molecular formula is C19H22IN3O6S. The van der Waals surface area contributed by atoms with E-state index in [0.717, 1.165) is 14.1 Å². The third-order valence-corrected chi connectivity index (χ3v) is 5.75. The van der Waals surface area contributed by atoms with Gasteiger partial charge in [-0.1, -0.05) is 0 Å². The topological polar surface area (TPSA) is 107 Å². The Hall–Kier alpha value is -2.54. The van der Waals surface area contributed by atoms with Gasteiger partial charge in [0.2, 0.25) is 15.8 Å². The molecule has 2 rings (SSSR count). The van der Waals surface area contributed by atoms with Gasteiger partial charge in [-0.05, 0) is 59.0 Å². The highest BCUT2D eigenvalue weighted by Gasteiger charge is 2.20. The van der Waals surface area contributed by atoms with Crippen molar-refractivity contribution in [3.05, 3.63) is 45.5 Å². The summed E-state index contributed by atoms with van der Waals surface area (Å²) in [5.74, 6) is 0.711. The van der Waals surface area contributed by atoms with Crippen molar-refractivity contribution in [2.75, 3.05) is 38.4 Å². The third-order valence-electron chi connectivity index (χ3n) is 3.89. The molecule has 2 aromatic carbocycles. The molecule has 0 aliphatic rings. The Morgan fingerprint density at radius 3 is 2.13 bits per heavy atom. The van der Waals surface area contributed by atoms with Gasteiger partial charge in [0.1, 0.15) is 6.54 Å². The van der Waals surface area contributed by atoms with Crippen molar-refractivity contribution >= 4 is 50.4 Å². The Balaban J connectivity index is 2.14. The summed E-state index contributed by atoms with van der Waals surface area (Å²) in [6.45, 7) is -0.411. The van der Waals surface area contributed by atoms with Gasteiger partial charge in [0.25, 0.3) is 5.91 Å². The Morgan fingerprint density at radius 2 is 1.67 bits per heavy atom. The Kier molecular flexibility index (Phi) is 8.29. The molecule has 0 unspecified atom stereocenters. The molecule has 0 aromatic heterocycles. The van der Waals surface area contributed by atoms with Gasteiger partial charge in [-0.15, -0.1) is 0 Å². The van der Waals surface area contributed by atoms with E-state index in [1.165, 1.54) is 27.5 Å². The molecule has 0 aliphatic carbocycles. The van der Waals surface area contributed by atoms with E-state index in [1.54, 1.807) is 36.4 Å². The SMILES string of the molecule is COc1cc(/C=N\NC(=O)CN(c2ccc(I)cc2)S(C)(=O)=O)cc(OC)c1OC. The Labute approximate surface area is 189 Å². The van der Waals surface area contributed by atoms with Crippen LogP contribution in [0.2, 0.25) is 0 Å². The molecule has 162 valence electrons. The number of nitrogens with one attached hydrogen (secondary N) is 1. The Morgan fingerprint density at radius 1 is 1.10 bits per heavy atom. The molecule has 11 heteroatoms. The lowest BCUT2D eigenvalue weighted by molar-refractivity contribution is -0.119. The predicted octanol–water partition coefficient (Wildman–Crippen LogP) is 2.23. The van der Waals surface area contributed by atoms with Crippen LogP contribution in [-0.4, -0.2) is 54.7 Å². The molecule has 0 heterocycles. The van der Waals surface area contributed by atoms with Gasteiger partial charge in [-0.2, -0.15) is 5.10 Å². The number of hydrogen-bond donors (Lipinski definition) is 1. The van der Waals surface area contributed by atoms with Crippen LogP contribution in [0, 0.1) is 3.57 Å². The van der Waals surface area contributed by atoms with Crippen molar-refractivity contribution in [3.63, 3.8) is 0 Å². The van der Waals surface area contributed by atoms with Crippen molar-refractivity contribution in [1.29, 1.82) is 0 Å². The number of carbonyl (C=O) groups is 1. The second-order valence-electron chi connectivity index (χ2n) is 6.00. The lowest BCUT2D eigenvalue weighted by atomic mass is 10.2. The summed E-state index contributed by atoms with van der Waals surface area (Å²) in [5.41, 5.74) is 3.30. The van der Waals surface area contributed by atoms with Crippen LogP contribution in [-0.2, 0) is 14.8 Å². The number of ether oxygens (including phenoxy) is 3. The number of hydrogen-bond acceptors (Lipinski definition) is 7. The maximum Gasteiger partial charge on any atom is 0.260 e. The monoisotopic (exact) mass is 547 g/mol. The molecule has 1 amide bonds. The van der Waals surface area contributed by atoms with Crippen LogP contribution in [0.25, 0.3) is 0 Å². The van der Waals surface area contributed by atoms with Crippen LogP contribution >= 0.6 is 22.6 Å². The van der Waals surface area contributed by atoms with Crippen LogP contribution in [0.4, 0.5) is 5.69 Å². The molecule has 0 atom stereocenters. The number of carbonyl (C=O) groups excluding carboxylic acids is 1. The first-order chi connectivity index (χ1) is 14.2. The van der Waals surface area contributed by atoms with Crippen LogP contribution in [0.1, 0.15) is 5.56 Å². The van der Waals surface area contributed by atoms with Gasteiger partial charge in [-0.3, -0.25) is 9.10 Å². The quantitative estimate of drug-likeness (QED) is 0.293. The van der Waals surface area contributed by atoms with Gasteiger partial charge in [-0.25, -0.2) is 13.8 Å². The highest BCUT2D eigenvalue weighted by atomic mass is 127. The lowest BCUT2D eigenvalue weighted by Crippen LogP contribution is -2.39. The number of hydrazone groups is 1. The zero-order chi connectivity index (χ0) is 22.3. The summed E-state index contributed by atoms with van der Waals surface area (Å²) < 4.78 is 42.0. The zero-order valence-electron chi connectivity index (χ0n) is 16.9. The number of amides is 1. The van der Waals surface area contributed by atoms with Crippen LogP contribution in [0.15, 0.2) is 41.5 Å². The third kappa shape index (κ3) is 6.23. The fourth-order valence-corrected chi connectivity index (χ4v) is 3.74. The largest absolute Gasteiger partial charge is 0.493 e. The summed E-state index contributed by atoms with van der Waals surface area (Å²) in [6.07, 6.45) is 2.43. The molecule has 0 radical (unpaired) electrons. The maximum absolute atomic E-state index is 12.3. The standard InChI is InChI=1S/C19H22IN3O6S/c1-27-16-9-13(10-17(28-2)19(16)29-3)11-21-22-18(24)12-23(30(4,25)26)15-7-5-14(20)6-8-15/h5-11H,12H2,1-4H3,(H,22,24)/b21-11-. The normalized spacial score (nSPS) is 11.2. The minimum atomic E-state index is -3.66. The maximum atomic E-state index is 12.3. The number of nitrogens with zero attached hydrogens (tertiary/aromatic N) is 2. The number of methoxy groups -OCH3 is 3. The minimum Gasteiger partial charge on any atom is -0.493 e. The van der Waals surface area contributed by atoms with E-state index in [4.69, 9.17) is 14.2 Å². The average molecular weight is 547 g/mol. The van der Waals surface area contributed by atoms with Crippen LogP contribution < -0.4 is 23.9 Å². The molecule has 0 saturated carbocycles. The second kappa shape index (κ2) is 10.5. The zero-order valence-corrected chi connectivity index (χ0v) is 19.9. The van der Waals surface area contributed by atoms with Crippen LogP contribution in [0.3, 0.4) is 0 Å². The lowest BCUT2D eigenvalue weighted by Gasteiger charge is -2.21. The van der Waals surface area contributed by atoms with E-state index in [1.807, 2.05) is 0 Å². The number of rotatable bonds is 9. The number of benzene rings is 2. The minimum absolute atomic E-state index is 0.390. The van der Waals surface area contributed by atoms with Crippen molar-refractivity contribution in [1.82, 2.24) is 5.43 Å². The number of sulfonamides is 1. The van der Waals surface area contributed by atoms with Gasteiger partial charge in [0, 0.05) is 9.13 Å². The molecule has 0 aliphatic heterocycles. The summed E-state index contributed by atoms with van der Waals surface area (Å²) >= 11 is 2.11. The molecule has 0 fully saturated rings. The van der Waals surface area contributed by atoms with Gasteiger partial charge in [0.15, 0.2) is 11.5 Å². The van der Waals surface area contributed by atoms with E-state index in [-0.39, 0.29) is 0 Å². The van der Waals surface area contributed by atoms with Crippen molar-refractivity contribution in [2.24, 2.45) is 5.10 Å². The fourth-order valence-electron chi connectivity index (χ4n) is 2.53. The highest BCUT2D eigenvalue weighted by molar-refractivity contribution is 14.1. The summed E-state index contributed by atoms with van der Waals surface area (Å²) in [4.78, 5) is 12.3. The first-order valence-electron chi connectivity index (χ1n) is 8.54. The van der Waals surface area contributed by atoms with Gasteiger partial charge < -0.3 is 14.2 Å². The first-order valence-corrected chi connectivity index (χ1v) is 11.5. The molecule has 0 spiro atoms. The number of halogens is 1. The van der Waals surface area contributed by atoms with Crippen molar-refractivity contribution < 1.29 is 27.4 Å².